The highest BCUT2D eigenvalue weighted by Crippen LogP contribution is 2.27. The molecule has 1 unspecified atom stereocenters. The van der Waals surface area contributed by atoms with E-state index in [2.05, 4.69) is 18.8 Å². The van der Waals surface area contributed by atoms with Gasteiger partial charge in [0.2, 0.25) is 5.88 Å². The van der Waals surface area contributed by atoms with Crippen molar-refractivity contribution in [1.29, 1.82) is 0 Å². The maximum atomic E-state index is 11.3. The second-order valence-electron chi connectivity index (χ2n) is 5.31. The minimum Gasteiger partial charge on any atom is -0.477 e. The fourth-order valence-electron chi connectivity index (χ4n) is 2.51. The molecule has 0 saturated heterocycles. The Kier molecular flexibility index (Phi) is 4.40. The van der Waals surface area contributed by atoms with E-state index in [1.807, 2.05) is 0 Å². The molecule has 2 rings (SSSR count). The van der Waals surface area contributed by atoms with E-state index in [0.717, 1.165) is 43.4 Å². The number of aryl methyl sites for hydroxylation is 2. The number of rotatable bonds is 6. The zero-order valence-corrected chi connectivity index (χ0v) is 11.6. The van der Waals surface area contributed by atoms with E-state index >= 15 is 0 Å². The maximum absolute atomic E-state index is 11.3. The lowest BCUT2D eigenvalue weighted by atomic mass is 10.1. The number of pyridine rings is 1. The third-order valence-electron chi connectivity index (χ3n) is 3.53. The normalized spacial score (nSPS) is 15.1. The summed E-state index contributed by atoms with van der Waals surface area (Å²) in [7, 11) is 0. The molecule has 4 nitrogen and oxygen atoms in total. The van der Waals surface area contributed by atoms with Crippen LogP contribution in [0.5, 0.6) is 5.88 Å². The van der Waals surface area contributed by atoms with Gasteiger partial charge in [0.25, 0.3) is 0 Å². The third-order valence-corrected chi connectivity index (χ3v) is 3.53. The number of carboxylic acid groups (broad SMARTS) is 1. The zero-order chi connectivity index (χ0) is 13.8. The number of ether oxygens (including phenoxy) is 1. The molecule has 1 N–H and O–H groups in total. The summed E-state index contributed by atoms with van der Waals surface area (Å²) in [5.41, 5.74) is 2.26. The first-order valence-corrected chi connectivity index (χ1v) is 7.00. The van der Waals surface area contributed by atoms with Gasteiger partial charge in [0.05, 0.1) is 6.61 Å². The van der Waals surface area contributed by atoms with Gasteiger partial charge in [0.1, 0.15) is 5.56 Å². The van der Waals surface area contributed by atoms with Gasteiger partial charge in [-0.1, -0.05) is 20.3 Å². The Bertz CT molecular complexity index is 471. The number of hydrogen-bond donors (Lipinski definition) is 1. The van der Waals surface area contributed by atoms with Crippen LogP contribution in [0.1, 0.15) is 54.7 Å². The van der Waals surface area contributed by atoms with Crippen molar-refractivity contribution < 1.29 is 14.6 Å². The molecular formula is C15H21NO3. The van der Waals surface area contributed by atoms with E-state index in [1.165, 1.54) is 0 Å². The molecule has 0 aromatic carbocycles. The smallest absolute Gasteiger partial charge is 0.341 e. The van der Waals surface area contributed by atoms with Crippen LogP contribution in [0.3, 0.4) is 0 Å². The van der Waals surface area contributed by atoms with Gasteiger partial charge in [-0.15, -0.1) is 0 Å². The summed E-state index contributed by atoms with van der Waals surface area (Å²) in [5.74, 6) is -0.252. The molecule has 0 bridgehead atoms. The van der Waals surface area contributed by atoms with Crippen LogP contribution in [-0.4, -0.2) is 22.7 Å². The minimum absolute atomic E-state index is 0.198. The highest BCUT2D eigenvalue weighted by atomic mass is 16.5. The van der Waals surface area contributed by atoms with Gasteiger partial charge in [0, 0.05) is 5.69 Å². The van der Waals surface area contributed by atoms with Crippen molar-refractivity contribution in [3.8, 4) is 5.88 Å². The van der Waals surface area contributed by atoms with Gasteiger partial charge in [-0.2, -0.15) is 0 Å². The van der Waals surface area contributed by atoms with Gasteiger partial charge in [-0.25, -0.2) is 9.78 Å². The Morgan fingerprint density at radius 2 is 2.32 bits per heavy atom. The average Bonchev–Trinajstić information content (AvgIpc) is 2.82. The van der Waals surface area contributed by atoms with Gasteiger partial charge >= 0.3 is 5.97 Å². The molecule has 0 fully saturated rings. The van der Waals surface area contributed by atoms with E-state index in [-0.39, 0.29) is 11.4 Å². The van der Waals surface area contributed by atoms with Gasteiger partial charge < -0.3 is 9.84 Å². The second kappa shape index (κ2) is 6.04. The molecule has 19 heavy (non-hydrogen) atoms. The van der Waals surface area contributed by atoms with Crippen LogP contribution < -0.4 is 4.74 Å². The summed E-state index contributed by atoms with van der Waals surface area (Å²) in [5, 5.41) is 9.25. The molecule has 0 aliphatic heterocycles. The highest BCUT2D eigenvalue weighted by molar-refractivity contribution is 5.90. The summed E-state index contributed by atoms with van der Waals surface area (Å²) >= 11 is 0. The van der Waals surface area contributed by atoms with E-state index in [4.69, 9.17) is 4.74 Å². The van der Waals surface area contributed by atoms with Crippen molar-refractivity contribution in [2.45, 2.75) is 46.0 Å². The first kappa shape index (κ1) is 13.8. The molecule has 1 aliphatic rings. The SMILES string of the molecule is CCCC(C)COc1nc2c(cc1C(=O)O)CCC2. The number of nitrogens with zero attached hydrogens (tertiary/aromatic N) is 1. The lowest BCUT2D eigenvalue weighted by Crippen LogP contribution is -2.13. The van der Waals surface area contributed by atoms with Crippen molar-refractivity contribution in [1.82, 2.24) is 4.98 Å². The zero-order valence-electron chi connectivity index (χ0n) is 11.6. The van der Waals surface area contributed by atoms with Crippen molar-refractivity contribution >= 4 is 5.97 Å². The van der Waals surface area contributed by atoms with Crippen LogP contribution >= 0.6 is 0 Å². The van der Waals surface area contributed by atoms with E-state index < -0.39 is 5.97 Å². The molecule has 1 aliphatic carbocycles. The van der Waals surface area contributed by atoms with Crippen molar-refractivity contribution in [3.63, 3.8) is 0 Å². The fraction of sp³-hybridized carbons (Fsp3) is 0.600. The molecule has 0 saturated carbocycles. The Balaban J connectivity index is 2.16. The Morgan fingerprint density at radius 3 is 3.00 bits per heavy atom. The fourth-order valence-corrected chi connectivity index (χ4v) is 2.51. The quantitative estimate of drug-likeness (QED) is 0.856. The van der Waals surface area contributed by atoms with Crippen LogP contribution in [0.15, 0.2) is 6.07 Å². The molecule has 1 atom stereocenters. The summed E-state index contributed by atoms with van der Waals surface area (Å²) in [6.07, 6.45) is 5.09. The number of carboxylic acids is 1. The molecule has 4 heteroatoms. The highest BCUT2D eigenvalue weighted by Gasteiger charge is 2.21. The van der Waals surface area contributed by atoms with E-state index in [9.17, 15) is 9.90 Å². The molecule has 104 valence electrons. The summed E-state index contributed by atoms with van der Waals surface area (Å²) in [6.45, 7) is 4.77. The van der Waals surface area contributed by atoms with Crippen LogP contribution in [-0.2, 0) is 12.8 Å². The topological polar surface area (TPSA) is 59.4 Å². The summed E-state index contributed by atoms with van der Waals surface area (Å²) in [4.78, 5) is 15.7. The first-order valence-electron chi connectivity index (χ1n) is 7.00. The molecule has 0 spiro atoms. The second-order valence-corrected chi connectivity index (χ2v) is 5.31. The monoisotopic (exact) mass is 263 g/mol. The largest absolute Gasteiger partial charge is 0.477 e. The van der Waals surface area contributed by atoms with Gasteiger partial charge in [-0.3, -0.25) is 0 Å². The van der Waals surface area contributed by atoms with Gasteiger partial charge in [-0.05, 0) is 43.2 Å². The Morgan fingerprint density at radius 1 is 1.53 bits per heavy atom. The predicted molar refractivity (Wildman–Crippen MR) is 72.8 cm³/mol. The minimum atomic E-state index is -0.958. The van der Waals surface area contributed by atoms with Crippen molar-refractivity contribution in [3.05, 3.63) is 22.9 Å². The van der Waals surface area contributed by atoms with E-state index in [1.54, 1.807) is 6.07 Å². The van der Waals surface area contributed by atoms with Crippen LogP contribution in [0.25, 0.3) is 0 Å². The number of aromatic nitrogens is 1. The number of fused-ring (bicyclic) bond motifs is 1. The number of aromatic carboxylic acids is 1. The van der Waals surface area contributed by atoms with Crippen LogP contribution in [0.2, 0.25) is 0 Å². The molecule has 0 radical (unpaired) electrons. The van der Waals surface area contributed by atoms with Crippen LogP contribution in [0.4, 0.5) is 0 Å². The maximum Gasteiger partial charge on any atom is 0.341 e. The van der Waals surface area contributed by atoms with Crippen molar-refractivity contribution in [2.24, 2.45) is 5.92 Å². The van der Waals surface area contributed by atoms with Gasteiger partial charge in [0.15, 0.2) is 0 Å². The molecule has 1 heterocycles. The molecule has 0 amide bonds. The predicted octanol–water partition coefficient (Wildman–Crippen LogP) is 3.08. The van der Waals surface area contributed by atoms with Crippen molar-refractivity contribution in [2.75, 3.05) is 6.61 Å². The lowest BCUT2D eigenvalue weighted by Gasteiger charge is -2.14. The summed E-state index contributed by atoms with van der Waals surface area (Å²) < 4.78 is 5.65. The van der Waals surface area contributed by atoms with E-state index in [0.29, 0.717) is 12.5 Å². The summed E-state index contributed by atoms with van der Waals surface area (Å²) in [6, 6.07) is 1.73. The lowest BCUT2D eigenvalue weighted by molar-refractivity contribution is 0.0690. The molecule has 1 aromatic rings. The number of carbonyl (C=O) groups is 1. The number of hydrogen-bond acceptors (Lipinski definition) is 3. The third kappa shape index (κ3) is 3.25. The molecule has 1 aromatic heterocycles. The first-order chi connectivity index (χ1) is 9.11. The Hall–Kier alpha value is -1.58. The molecular weight excluding hydrogens is 242 g/mol. The Labute approximate surface area is 113 Å². The average molecular weight is 263 g/mol. The standard InChI is InChI=1S/C15H21NO3/c1-3-5-10(2)9-19-14-12(15(17)18)8-11-6-4-7-13(11)16-14/h8,10H,3-7,9H2,1-2H3,(H,17,18). The van der Waals surface area contributed by atoms with Crippen LogP contribution in [0, 0.1) is 5.92 Å².